The van der Waals surface area contributed by atoms with Crippen molar-refractivity contribution in [3.63, 3.8) is 0 Å². The van der Waals surface area contributed by atoms with E-state index >= 15 is 0 Å². The van der Waals surface area contributed by atoms with Crippen molar-refractivity contribution in [1.29, 1.82) is 0 Å². The maximum Gasteiger partial charge on any atom is 0.305 e. The van der Waals surface area contributed by atoms with E-state index in [9.17, 15) is 4.79 Å². The van der Waals surface area contributed by atoms with E-state index < -0.39 is 0 Å². The van der Waals surface area contributed by atoms with Crippen LogP contribution in [0.2, 0.25) is 0 Å². The molecular formula is C21H41BrO2. The fraction of sp³-hybridized carbons (Fsp3) is 0.952. The average Bonchev–Trinajstić information content (AvgIpc) is 2.59. The van der Waals surface area contributed by atoms with Crippen molar-refractivity contribution in [2.45, 2.75) is 110 Å². The zero-order valence-electron chi connectivity index (χ0n) is 16.3. The first kappa shape index (κ1) is 23.9. The third-order valence-corrected chi connectivity index (χ3v) is 5.24. The third-order valence-electron chi connectivity index (χ3n) is 4.68. The summed E-state index contributed by atoms with van der Waals surface area (Å²) in [6.07, 6.45) is 18.0. The predicted molar refractivity (Wildman–Crippen MR) is 109 cm³/mol. The SMILES string of the molecule is CCCCCCC(CCCC)COC(=O)CCCCCCCCBr. The first-order chi connectivity index (χ1) is 11.7. The minimum Gasteiger partial charge on any atom is -0.465 e. The van der Waals surface area contributed by atoms with E-state index in [2.05, 4.69) is 29.8 Å². The highest BCUT2D eigenvalue weighted by Crippen LogP contribution is 2.18. The second kappa shape index (κ2) is 19.3. The molecule has 0 spiro atoms. The summed E-state index contributed by atoms with van der Waals surface area (Å²) in [5.41, 5.74) is 0. The number of esters is 1. The lowest BCUT2D eigenvalue weighted by Crippen LogP contribution is -2.14. The zero-order valence-corrected chi connectivity index (χ0v) is 17.9. The van der Waals surface area contributed by atoms with Crippen LogP contribution in [0.1, 0.15) is 110 Å². The number of carbonyl (C=O) groups excluding carboxylic acids is 1. The van der Waals surface area contributed by atoms with Gasteiger partial charge in [0.1, 0.15) is 0 Å². The van der Waals surface area contributed by atoms with E-state index in [-0.39, 0.29) is 5.97 Å². The average molecular weight is 405 g/mol. The molecule has 0 saturated heterocycles. The van der Waals surface area contributed by atoms with Gasteiger partial charge in [0, 0.05) is 11.8 Å². The van der Waals surface area contributed by atoms with Crippen LogP contribution in [-0.4, -0.2) is 17.9 Å². The highest BCUT2D eigenvalue weighted by molar-refractivity contribution is 9.09. The Morgan fingerprint density at radius 3 is 2.04 bits per heavy atom. The lowest BCUT2D eigenvalue weighted by atomic mass is 9.96. The molecule has 2 nitrogen and oxygen atoms in total. The Hall–Kier alpha value is -0.0500. The van der Waals surface area contributed by atoms with Gasteiger partial charge in [0.05, 0.1) is 6.61 Å². The molecule has 0 amide bonds. The molecule has 0 fully saturated rings. The Labute approximate surface area is 159 Å². The summed E-state index contributed by atoms with van der Waals surface area (Å²) in [6, 6.07) is 0. The fourth-order valence-corrected chi connectivity index (χ4v) is 3.41. The number of rotatable bonds is 18. The fourth-order valence-electron chi connectivity index (χ4n) is 3.02. The normalized spacial score (nSPS) is 12.3. The van der Waals surface area contributed by atoms with Gasteiger partial charge in [0.25, 0.3) is 0 Å². The van der Waals surface area contributed by atoms with E-state index in [1.807, 2.05) is 0 Å². The molecule has 0 bridgehead atoms. The molecule has 0 heterocycles. The van der Waals surface area contributed by atoms with Gasteiger partial charge in [-0.2, -0.15) is 0 Å². The molecule has 0 aliphatic carbocycles. The monoisotopic (exact) mass is 404 g/mol. The Balaban J connectivity index is 3.70. The van der Waals surface area contributed by atoms with Gasteiger partial charge in [-0.3, -0.25) is 4.79 Å². The van der Waals surface area contributed by atoms with Crippen molar-refractivity contribution in [2.75, 3.05) is 11.9 Å². The summed E-state index contributed by atoms with van der Waals surface area (Å²) >= 11 is 3.46. The summed E-state index contributed by atoms with van der Waals surface area (Å²) in [5.74, 6) is 0.598. The first-order valence-electron chi connectivity index (χ1n) is 10.5. The quantitative estimate of drug-likeness (QED) is 0.135. The largest absolute Gasteiger partial charge is 0.465 e. The maximum absolute atomic E-state index is 11.9. The van der Waals surface area contributed by atoms with E-state index in [1.54, 1.807) is 0 Å². The van der Waals surface area contributed by atoms with Crippen LogP contribution in [0, 0.1) is 5.92 Å². The van der Waals surface area contributed by atoms with Crippen LogP contribution in [0.4, 0.5) is 0 Å². The lowest BCUT2D eigenvalue weighted by molar-refractivity contribution is -0.145. The second-order valence-corrected chi connectivity index (χ2v) is 7.89. The van der Waals surface area contributed by atoms with Crippen molar-refractivity contribution in [1.82, 2.24) is 0 Å². The molecule has 0 saturated carbocycles. The molecule has 24 heavy (non-hydrogen) atoms. The minimum absolute atomic E-state index is 0.0190. The number of halogens is 1. The van der Waals surface area contributed by atoms with E-state index in [1.165, 1.54) is 77.0 Å². The van der Waals surface area contributed by atoms with Gasteiger partial charge in [-0.05, 0) is 31.6 Å². The van der Waals surface area contributed by atoms with Crippen molar-refractivity contribution in [2.24, 2.45) is 5.92 Å². The molecule has 0 aromatic heterocycles. The van der Waals surface area contributed by atoms with Crippen LogP contribution in [0.3, 0.4) is 0 Å². The third kappa shape index (κ3) is 16.8. The van der Waals surface area contributed by atoms with Crippen LogP contribution in [0.25, 0.3) is 0 Å². The van der Waals surface area contributed by atoms with E-state index in [0.29, 0.717) is 18.9 Å². The van der Waals surface area contributed by atoms with Gasteiger partial charge in [0.2, 0.25) is 0 Å². The van der Waals surface area contributed by atoms with Gasteiger partial charge in [-0.15, -0.1) is 0 Å². The summed E-state index contributed by atoms with van der Waals surface area (Å²) in [4.78, 5) is 11.9. The van der Waals surface area contributed by atoms with Crippen molar-refractivity contribution >= 4 is 21.9 Å². The highest BCUT2D eigenvalue weighted by Gasteiger charge is 2.11. The number of unbranched alkanes of at least 4 members (excludes halogenated alkanes) is 9. The van der Waals surface area contributed by atoms with Crippen molar-refractivity contribution in [3.05, 3.63) is 0 Å². The van der Waals surface area contributed by atoms with Crippen LogP contribution in [0.15, 0.2) is 0 Å². The molecule has 0 aromatic carbocycles. The molecule has 0 aliphatic heterocycles. The Morgan fingerprint density at radius 1 is 0.792 bits per heavy atom. The van der Waals surface area contributed by atoms with Gasteiger partial charge >= 0.3 is 5.97 Å². The molecule has 0 N–H and O–H groups in total. The topological polar surface area (TPSA) is 26.3 Å². The maximum atomic E-state index is 11.9. The molecule has 0 aromatic rings. The van der Waals surface area contributed by atoms with Crippen molar-refractivity contribution in [3.8, 4) is 0 Å². The number of carbonyl (C=O) groups is 1. The predicted octanol–water partition coefficient (Wildman–Crippen LogP) is 7.43. The Bertz CT molecular complexity index is 269. The Kier molecular flexibility index (Phi) is 19.2. The second-order valence-electron chi connectivity index (χ2n) is 7.10. The number of hydrogen-bond acceptors (Lipinski definition) is 2. The van der Waals surface area contributed by atoms with Gasteiger partial charge in [-0.25, -0.2) is 0 Å². The van der Waals surface area contributed by atoms with Crippen LogP contribution < -0.4 is 0 Å². The van der Waals surface area contributed by atoms with Gasteiger partial charge in [-0.1, -0.05) is 94.0 Å². The zero-order chi connectivity index (χ0) is 17.9. The van der Waals surface area contributed by atoms with Crippen LogP contribution in [0.5, 0.6) is 0 Å². The molecule has 1 unspecified atom stereocenters. The van der Waals surface area contributed by atoms with Crippen LogP contribution in [-0.2, 0) is 9.53 Å². The van der Waals surface area contributed by atoms with E-state index in [4.69, 9.17) is 4.74 Å². The minimum atomic E-state index is 0.0190. The summed E-state index contributed by atoms with van der Waals surface area (Å²) < 4.78 is 5.56. The smallest absolute Gasteiger partial charge is 0.305 e. The Morgan fingerprint density at radius 2 is 1.38 bits per heavy atom. The molecule has 144 valence electrons. The number of ether oxygens (including phenoxy) is 1. The molecule has 3 heteroatoms. The van der Waals surface area contributed by atoms with Crippen LogP contribution >= 0.6 is 15.9 Å². The summed E-state index contributed by atoms with van der Waals surface area (Å²) in [7, 11) is 0. The number of hydrogen-bond donors (Lipinski definition) is 0. The van der Waals surface area contributed by atoms with E-state index in [0.717, 1.165) is 18.2 Å². The highest BCUT2D eigenvalue weighted by atomic mass is 79.9. The lowest BCUT2D eigenvalue weighted by Gasteiger charge is -2.16. The number of alkyl halides is 1. The molecule has 1 atom stereocenters. The molecular weight excluding hydrogens is 364 g/mol. The molecule has 0 rings (SSSR count). The molecule has 0 radical (unpaired) electrons. The summed E-state index contributed by atoms with van der Waals surface area (Å²) in [5, 5.41) is 1.11. The summed E-state index contributed by atoms with van der Waals surface area (Å²) in [6.45, 7) is 5.13. The van der Waals surface area contributed by atoms with Crippen molar-refractivity contribution < 1.29 is 9.53 Å². The van der Waals surface area contributed by atoms with Gasteiger partial charge < -0.3 is 4.74 Å². The first-order valence-corrected chi connectivity index (χ1v) is 11.6. The van der Waals surface area contributed by atoms with Gasteiger partial charge in [0.15, 0.2) is 0 Å². The standard InChI is InChI=1S/C21H41BrO2/c1-3-5-7-12-16-20(15-6-4-2)19-24-21(23)17-13-10-8-9-11-14-18-22/h20H,3-19H2,1-2H3. The molecule has 0 aliphatic rings.